The fraction of sp³-hybridized carbons (Fsp3) is 0.333. The van der Waals surface area contributed by atoms with Crippen LogP contribution in [0.1, 0.15) is 36.0 Å². The fourth-order valence-corrected chi connectivity index (χ4v) is 8.60. The number of benzene rings is 2. The second-order valence-corrected chi connectivity index (χ2v) is 16.0. The number of carboxylic acids is 1. The van der Waals surface area contributed by atoms with Crippen LogP contribution in [0.5, 0.6) is 0 Å². The second kappa shape index (κ2) is 14.6. The molecule has 0 bridgehead atoms. The van der Waals surface area contributed by atoms with Gasteiger partial charge in [0.2, 0.25) is 0 Å². The van der Waals surface area contributed by atoms with Gasteiger partial charge in [0.1, 0.15) is 6.04 Å². The average molecular weight is 781 g/mol. The van der Waals surface area contributed by atoms with Crippen LogP contribution in [0.15, 0.2) is 75.7 Å². The lowest BCUT2D eigenvalue weighted by atomic mass is 9.86. The molecular formula is C36H35Cl2N7O5S2. The average Bonchev–Trinajstić information content (AvgIpc) is 3.89. The number of piperazine rings is 1. The Balaban J connectivity index is 1.09. The zero-order valence-corrected chi connectivity index (χ0v) is 31.7. The number of hydrogen-bond donors (Lipinski definition) is 2. The summed E-state index contributed by atoms with van der Waals surface area (Å²) in [5, 5.41) is 18.8. The topological polar surface area (TPSA) is 141 Å². The molecule has 0 radical (unpaired) electrons. The molecule has 5 heterocycles. The number of carboxylic acid groups (broad SMARTS) is 1. The van der Waals surface area contributed by atoms with E-state index in [1.54, 1.807) is 43.1 Å². The first-order valence-electron chi connectivity index (χ1n) is 16.5. The van der Waals surface area contributed by atoms with Crippen molar-refractivity contribution in [3.8, 4) is 11.3 Å². The summed E-state index contributed by atoms with van der Waals surface area (Å²) in [6, 6.07) is 11.9. The van der Waals surface area contributed by atoms with E-state index < -0.39 is 23.4 Å². The number of ether oxygens (including phenoxy) is 1. The van der Waals surface area contributed by atoms with Gasteiger partial charge in [-0.25, -0.2) is 19.6 Å². The molecule has 2 atom stereocenters. The number of fused-ring (bicyclic) bond motifs is 1. The number of aliphatic carboxylic acids is 1. The van der Waals surface area contributed by atoms with E-state index in [2.05, 4.69) is 15.2 Å². The molecule has 2 saturated heterocycles. The molecule has 2 aromatic carbocycles. The van der Waals surface area contributed by atoms with Gasteiger partial charge in [0.15, 0.2) is 16.0 Å². The van der Waals surface area contributed by atoms with Gasteiger partial charge in [0.05, 0.1) is 36.4 Å². The van der Waals surface area contributed by atoms with E-state index in [9.17, 15) is 19.5 Å². The lowest BCUT2D eigenvalue weighted by Crippen LogP contribution is -2.53. The van der Waals surface area contributed by atoms with Crippen molar-refractivity contribution in [2.75, 3.05) is 44.7 Å². The number of halogens is 2. The summed E-state index contributed by atoms with van der Waals surface area (Å²) in [5.41, 5.74) is 3.28. The van der Waals surface area contributed by atoms with E-state index in [0.29, 0.717) is 82.0 Å². The first kappa shape index (κ1) is 36.0. The molecule has 2 aromatic heterocycles. The van der Waals surface area contributed by atoms with Crippen molar-refractivity contribution >= 4 is 74.8 Å². The van der Waals surface area contributed by atoms with Crippen LogP contribution in [-0.2, 0) is 20.7 Å². The zero-order chi connectivity index (χ0) is 36.7. The van der Waals surface area contributed by atoms with Crippen LogP contribution in [0.3, 0.4) is 0 Å². The number of hydrogen-bond acceptors (Lipinski definition) is 11. The number of nitrogens with one attached hydrogen (secondary N) is 1. The highest BCUT2D eigenvalue weighted by atomic mass is 35.5. The van der Waals surface area contributed by atoms with E-state index in [1.165, 1.54) is 29.8 Å². The number of anilines is 1. The van der Waals surface area contributed by atoms with Gasteiger partial charge in [-0.2, -0.15) is 0 Å². The Morgan fingerprint density at radius 3 is 2.58 bits per heavy atom. The minimum atomic E-state index is -0.867. The highest BCUT2D eigenvalue weighted by Crippen LogP contribution is 2.38. The van der Waals surface area contributed by atoms with Crippen LogP contribution in [0, 0.1) is 5.41 Å². The Labute approximate surface area is 318 Å². The van der Waals surface area contributed by atoms with Gasteiger partial charge in [0, 0.05) is 70.0 Å². The van der Waals surface area contributed by atoms with Crippen LogP contribution in [-0.4, -0.2) is 94.6 Å². The molecule has 0 spiro atoms. The summed E-state index contributed by atoms with van der Waals surface area (Å²) in [5.74, 6) is -0.847. The first-order chi connectivity index (χ1) is 24.9. The number of amides is 2. The maximum Gasteiger partial charge on any atom is 0.338 e. The van der Waals surface area contributed by atoms with Crippen molar-refractivity contribution in [2.45, 2.75) is 32.4 Å². The van der Waals surface area contributed by atoms with Crippen LogP contribution < -0.4 is 10.2 Å². The number of nitrogens with zero attached hydrogens (tertiary/aromatic N) is 6. The van der Waals surface area contributed by atoms with Crippen molar-refractivity contribution < 1.29 is 24.2 Å². The molecule has 2 N–H and O–H groups in total. The van der Waals surface area contributed by atoms with Gasteiger partial charge in [-0.3, -0.25) is 19.6 Å². The molecule has 2 amide bonds. The Bertz CT molecular complexity index is 2080. The van der Waals surface area contributed by atoms with Crippen molar-refractivity contribution in [3.05, 3.63) is 96.9 Å². The van der Waals surface area contributed by atoms with Crippen molar-refractivity contribution in [1.82, 2.24) is 25.1 Å². The van der Waals surface area contributed by atoms with Crippen LogP contribution in [0.25, 0.3) is 11.3 Å². The number of aliphatic imine (C=N–C) groups is 1. The Morgan fingerprint density at radius 2 is 1.88 bits per heavy atom. The number of amidine groups is 1. The minimum Gasteiger partial charge on any atom is -0.481 e. The molecule has 3 aliphatic heterocycles. The lowest BCUT2D eigenvalue weighted by Gasteiger charge is -2.38. The molecule has 0 saturated carbocycles. The predicted molar refractivity (Wildman–Crippen MR) is 202 cm³/mol. The molecule has 12 nitrogen and oxygen atoms in total. The Hall–Kier alpha value is -4.34. The highest BCUT2D eigenvalue weighted by Gasteiger charge is 2.43. The first-order valence-corrected chi connectivity index (χ1v) is 19.0. The van der Waals surface area contributed by atoms with Crippen LogP contribution >= 0.6 is 45.9 Å². The van der Waals surface area contributed by atoms with E-state index in [4.69, 9.17) is 37.9 Å². The predicted octanol–water partition coefficient (Wildman–Crippen LogP) is 6.37. The number of rotatable bonds is 10. The summed E-state index contributed by atoms with van der Waals surface area (Å²) in [4.78, 5) is 58.6. The van der Waals surface area contributed by atoms with Crippen molar-refractivity contribution in [2.24, 2.45) is 10.4 Å². The largest absolute Gasteiger partial charge is 0.481 e. The van der Waals surface area contributed by atoms with Crippen LogP contribution in [0.4, 0.5) is 9.93 Å². The van der Waals surface area contributed by atoms with Gasteiger partial charge in [-0.05, 0) is 38.0 Å². The smallest absolute Gasteiger partial charge is 0.338 e. The number of thiazole rings is 2. The van der Waals surface area contributed by atoms with Gasteiger partial charge in [0.25, 0.3) is 0 Å². The van der Waals surface area contributed by atoms with Gasteiger partial charge >= 0.3 is 18.0 Å². The molecule has 52 heavy (non-hydrogen) atoms. The van der Waals surface area contributed by atoms with Crippen molar-refractivity contribution in [1.29, 1.82) is 0 Å². The molecule has 0 aliphatic carbocycles. The number of esters is 1. The molecular weight excluding hydrogens is 745 g/mol. The third-order valence-electron chi connectivity index (χ3n) is 9.44. The normalized spacial score (nSPS) is 19.4. The number of methoxy groups -OCH3 is 1. The molecule has 2 fully saturated rings. The van der Waals surface area contributed by atoms with Gasteiger partial charge < -0.3 is 20.1 Å². The second-order valence-electron chi connectivity index (χ2n) is 13.4. The molecule has 3 aliphatic rings. The number of aromatic nitrogens is 2. The zero-order valence-electron chi connectivity index (χ0n) is 28.5. The van der Waals surface area contributed by atoms with E-state index in [0.717, 1.165) is 16.8 Å². The summed E-state index contributed by atoms with van der Waals surface area (Å²) in [7, 11) is 1.34. The number of carbonyl (C=O) groups excluding carboxylic acids is 2. The summed E-state index contributed by atoms with van der Waals surface area (Å²) in [6.45, 7) is 5.93. The SMILES string of the molecule is COC(=O)C1=C(CN2CCN3C(=O)N(c4nc(-c5ccc(CC(C)(C)C(=O)O)cc5)cs4)C[C@@H]3C2)NC(c2nccs2)=N[C@H]1c1ccc(Cl)cc1Cl. The fourth-order valence-electron chi connectivity index (χ4n) is 6.67. The summed E-state index contributed by atoms with van der Waals surface area (Å²) in [6.07, 6.45) is 2.11. The third-order valence-corrected chi connectivity index (χ3v) is 11.6. The molecule has 7 rings (SSSR count). The Morgan fingerprint density at radius 1 is 1.10 bits per heavy atom. The standard InChI is InChI=1S/C36H35Cl2N7O5S2/c1-36(2,33(47)48)15-20-4-6-21(7-5-20)27-19-52-34(41-27)45-17-23-16-43(11-12-44(23)35(45)49)18-26-28(32(46)50-3)29(24-9-8-22(37)14-25(24)38)42-30(40-26)31-39-10-13-51-31/h4-10,13-14,19,23,29H,11-12,15-18H2,1-3H3,(H,40,42)(H,47,48)/t23-,29-/m0/s1. The monoisotopic (exact) mass is 779 g/mol. The molecule has 270 valence electrons. The van der Waals surface area contributed by atoms with Crippen molar-refractivity contribution in [3.63, 3.8) is 0 Å². The van der Waals surface area contributed by atoms with E-state index in [1.807, 2.05) is 39.9 Å². The molecule has 4 aromatic rings. The van der Waals surface area contributed by atoms with Gasteiger partial charge in [-0.1, -0.05) is 53.5 Å². The number of carbonyl (C=O) groups is 3. The maximum absolute atomic E-state index is 13.7. The van der Waals surface area contributed by atoms with E-state index in [-0.39, 0.29) is 12.1 Å². The Kier molecular flexibility index (Phi) is 10.1. The molecule has 0 unspecified atom stereocenters. The molecule has 16 heteroatoms. The minimum absolute atomic E-state index is 0.0855. The number of urea groups is 1. The quantitative estimate of drug-likeness (QED) is 0.176. The van der Waals surface area contributed by atoms with Gasteiger partial charge in [-0.15, -0.1) is 22.7 Å². The summed E-state index contributed by atoms with van der Waals surface area (Å²) < 4.78 is 5.27. The van der Waals surface area contributed by atoms with E-state index >= 15 is 0 Å². The highest BCUT2D eigenvalue weighted by molar-refractivity contribution is 7.14. The lowest BCUT2D eigenvalue weighted by molar-refractivity contribution is -0.146. The third kappa shape index (κ3) is 7.18. The maximum atomic E-state index is 13.7. The summed E-state index contributed by atoms with van der Waals surface area (Å²) >= 11 is 15.7. The van der Waals surface area contributed by atoms with Crippen LogP contribution in [0.2, 0.25) is 10.0 Å².